The predicted octanol–water partition coefficient (Wildman–Crippen LogP) is 5.52. The average molecular weight is 406 g/mol. The number of ether oxygens (including phenoxy) is 1. The number of imidazole rings is 1. The van der Waals surface area contributed by atoms with Crippen LogP contribution in [0.5, 0.6) is 5.75 Å². The summed E-state index contributed by atoms with van der Waals surface area (Å²) in [4.78, 5) is 20.2. The predicted molar refractivity (Wildman–Crippen MR) is 117 cm³/mol. The molecule has 146 valence electrons. The molecule has 0 saturated carbocycles. The topological polar surface area (TPSA) is 67.0 Å². The lowest BCUT2D eigenvalue weighted by molar-refractivity contribution is -0.118. The van der Waals surface area contributed by atoms with Gasteiger partial charge < -0.3 is 15.0 Å². The van der Waals surface area contributed by atoms with Gasteiger partial charge in [-0.05, 0) is 55.3 Å². The van der Waals surface area contributed by atoms with Crippen LogP contribution in [0.1, 0.15) is 11.1 Å². The zero-order chi connectivity index (χ0) is 20.4. The Labute approximate surface area is 173 Å². The number of halogens is 1. The number of aryl methyl sites for hydroxylation is 2. The monoisotopic (exact) mass is 405 g/mol. The van der Waals surface area contributed by atoms with Gasteiger partial charge in [0.05, 0.1) is 11.0 Å². The quantitative estimate of drug-likeness (QED) is 0.459. The molecule has 0 unspecified atom stereocenters. The van der Waals surface area contributed by atoms with Gasteiger partial charge in [-0.3, -0.25) is 4.79 Å². The van der Waals surface area contributed by atoms with Gasteiger partial charge in [-0.25, -0.2) is 4.98 Å². The van der Waals surface area contributed by atoms with E-state index in [2.05, 4.69) is 15.3 Å². The maximum atomic E-state index is 12.3. The second-order valence-corrected chi connectivity index (χ2v) is 7.29. The second-order valence-electron chi connectivity index (χ2n) is 6.89. The Bertz CT molecular complexity index is 1160. The van der Waals surface area contributed by atoms with Crippen LogP contribution in [0.25, 0.3) is 22.4 Å². The van der Waals surface area contributed by atoms with Crippen molar-refractivity contribution in [1.82, 2.24) is 9.97 Å². The molecule has 0 fully saturated rings. The standard InChI is InChI=1S/C23H20ClN3O2/c1-14-6-3-4-9-21(14)29-13-22(28)25-17-8-5-7-16(11-17)23-26-19-10-15(2)18(24)12-20(19)27-23/h3-12H,13H2,1-2H3,(H,25,28)(H,26,27). The minimum absolute atomic E-state index is 0.0580. The number of hydrogen-bond donors (Lipinski definition) is 2. The Hall–Kier alpha value is -3.31. The van der Waals surface area contributed by atoms with Crippen LogP contribution < -0.4 is 10.1 Å². The molecule has 5 nitrogen and oxygen atoms in total. The van der Waals surface area contributed by atoms with Crippen LogP contribution in [-0.2, 0) is 4.79 Å². The molecule has 4 rings (SSSR count). The van der Waals surface area contributed by atoms with E-state index in [1.54, 1.807) is 0 Å². The molecule has 0 bridgehead atoms. The number of nitrogens with one attached hydrogen (secondary N) is 2. The van der Waals surface area contributed by atoms with Gasteiger partial charge in [-0.2, -0.15) is 0 Å². The van der Waals surface area contributed by atoms with Crippen molar-refractivity contribution in [1.29, 1.82) is 0 Å². The first-order valence-corrected chi connectivity index (χ1v) is 9.62. The highest BCUT2D eigenvalue weighted by Gasteiger charge is 2.10. The van der Waals surface area contributed by atoms with Gasteiger partial charge in [0.15, 0.2) is 6.61 Å². The minimum Gasteiger partial charge on any atom is -0.483 e. The van der Waals surface area contributed by atoms with E-state index in [1.165, 1.54) is 0 Å². The van der Waals surface area contributed by atoms with Gasteiger partial charge in [0.1, 0.15) is 11.6 Å². The molecule has 4 aromatic rings. The normalized spacial score (nSPS) is 10.9. The molecule has 0 aliphatic carbocycles. The Morgan fingerprint density at radius 2 is 1.90 bits per heavy atom. The lowest BCUT2D eigenvalue weighted by Crippen LogP contribution is -2.20. The van der Waals surface area contributed by atoms with Crippen LogP contribution in [0, 0.1) is 13.8 Å². The fourth-order valence-electron chi connectivity index (χ4n) is 3.08. The molecule has 1 aromatic heterocycles. The number of H-pyrrole nitrogens is 1. The molecule has 0 spiro atoms. The number of fused-ring (bicyclic) bond motifs is 1. The van der Waals surface area contributed by atoms with Crippen LogP contribution in [0.3, 0.4) is 0 Å². The van der Waals surface area contributed by atoms with E-state index in [1.807, 2.05) is 74.5 Å². The maximum Gasteiger partial charge on any atom is 0.262 e. The number of rotatable bonds is 5. The highest BCUT2D eigenvalue weighted by Crippen LogP contribution is 2.26. The summed E-state index contributed by atoms with van der Waals surface area (Å²) in [6, 6.07) is 18.9. The second kappa shape index (κ2) is 7.97. The minimum atomic E-state index is -0.225. The first-order chi connectivity index (χ1) is 14.0. The molecule has 1 amide bonds. The highest BCUT2D eigenvalue weighted by atomic mass is 35.5. The average Bonchev–Trinajstić information content (AvgIpc) is 3.11. The van der Waals surface area contributed by atoms with E-state index in [0.29, 0.717) is 22.3 Å². The lowest BCUT2D eigenvalue weighted by atomic mass is 10.2. The Kier molecular flexibility index (Phi) is 5.23. The SMILES string of the molecule is Cc1cc2[nH]c(-c3cccc(NC(=O)COc4ccccc4C)c3)nc2cc1Cl. The number of nitrogens with zero attached hydrogens (tertiary/aromatic N) is 1. The Morgan fingerprint density at radius 3 is 2.72 bits per heavy atom. The van der Waals surface area contributed by atoms with E-state index >= 15 is 0 Å². The van der Waals surface area contributed by atoms with E-state index in [4.69, 9.17) is 16.3 Å². The zero-order valence-corrected chi connectivity index (χ0v) is 16.9. The number of aromatic amines is 1. The van der Waals surface area contributed by atoms with E-state index in [-0.39, 0.29) is 12.5 Å². The summed E-state index contributed by atoms with van der Waals surface area (Å²) in [6.07, 6.45) is 0. The molecule has 2 N–H and O–H groups in total. The van der Waals surface area contributed by atoms with Crippen molar-refractivity contribution >= 4 is 34.2 Å². The van der Waals surface area contributed by atoms with Crippen molar-refractivity contribution in [2.24, 2.45) is 0 Å². The summed E-state index contributed by atoms with van der Waals surface area (Å²) in [7, 11) is 0. The molecular formula is C23H20ClN3O2. The summed E-state index contributed by atoms with van der Waals surface area (Å²) < 4.78 is 5.60. The van der Waals surface area contributed by atoms with E-state index in [0.717, 1.165) is 27.7 Å². The van der Waals surface area contributed by atoms with Gasteiger partial charge in [0, 0.05) is 16.3 Å². The number of amides is 1. The largest absolute Gasteiger partial charge is 0.483 e. The fraction of sp³-hybridized carbons (Fsp3) is 0.130. The van der Waals surface area contributed by atoms with E-state index in [9.17, 15) is 4.79 Å². The van der Waals surface area contributed by atoms with Gasteiger partial charge in [-0.1, -0.05) is 41.9 Å². The van der Waals surface area contributed by atoms with Crippen molar-refractivity contribution in [3.8, 4) is 17.1 Å². The maximum absolute atomic E-state index is 12.3. The third-order valence-corrected chi connectivity index (χ3v) is 5.04. The molecule has 29 heavy (non-hydrogen) atoms. The summed E-state index contributed by atoms with van der Waals surface area (Å²) in [5, 5.41) is 3.55. The number of hydrogen-bond acceptors (Lipinski definition) is 3. The van der Waals surface area contributed by atoms with Crippen LogP contribution in [0.2, 0.25) is 5.02 Å². The number of carbonyl (C=O) groups is 1. The van der Waals surface area contributed by atoms with Crippen LogP contribution in [0.15, 0.2) is 60.7 Å². The number of aromatic nitrogens is 2. The molecule has 0 radical (unpaired) electrons. The van der Waals surface area contributed by atoms with Crippen molar-refractivity contribution in [2.75, 3.05) is 11.9 Å². The van der Waals surface area contributed by atoms with Gasteiger partial charge in [0.25, 0.3) is 5.91 Å². The molecule has 1 heterocycles. The van der Waals surface area contributed by atoms with Crippen molar-refractivity contribution < 1.29 is 9.53 Å². The number of para-hydroxylation sites is 1. The molecule has 0 aliphatic heterocycles. The van der Waals surface area contributed by atoms with Crippen LogP contribution in [0.4, 0.5) is 5.69 Å². The summed E-state index contributed by atoms with van der Waals surface area (Å²) >= 11 is 6.20. The molecule has 6 heteroatoms. The highest BCUT2D eigenvalue weighted by molar-refractivity contribution is 6.32. The van der Waals surface area contributed by atoms with Crippen LogP contribution >= 0.6 is 11.6 Å². The van der Waals surface area contributed by atoms with Crippen LogP contribution in [-0.4, -0.2) is 22.5 Å². The smallest absolute Gasteiger partial charge is 0.262 e. The summed E-state index contributed by atoms with van der Waals surface area (Å²) in [5.74, 6) is 1.19. The van der Waals surface area contributed by atoms with Gasteiger partial charge in [0.2, 0.25) is 0 Å². The lowest BCUT2D eigenvalue weighted by Gasteiger charge is -2.10. The number of anilines is 1. The number of carbonyl (C=O) groups excluding carboxylic acids is 1. The molecule has 0 atom stereocenters. The van der Waals surface area contributed by atoms with Gasteiger partial charge in [-0.15, -0.1) is 0 Å². The fourth-order valence-corrected chi connectivity index (χ4v) is 3.24. The van der Waals surface area contributed by atoms with Gasteiger partial charge >= 0.3 is 0 Å². The van der Waals surface area contributed by atoms with E-state index < -0.39 is 0 Å². The molecule has 3 aromatic carbocycles. The third-order valence-electron chi connectivity index (χ3n) is 4.63. The summed E-state index contributed by atoms with van der Waals surface area (Å²) in [6.45, 7) is 3.84. The molecule has 0 saturated heterocycles. The van der Waals surface area contributed by atoms with Crippen molar-refractivity contribution in [3.63, 3.8) is 0 Å². The molecule has 0 aliphatic rings. The van der Waals surface area contributed by atoms with Crippen molar-refractivity contribution in [2.45, 2.75) is 13.8 Å². The zero-order valence-electron chi connectivity index (χ0n) is 16.1. The Morgan fingerprint density at radius 1 is 1.07 bits per heavy atom. The molecular weight excluding hydrogens is 386 g/mol. The third kappa shape index (κ3) is 4.25. The first-order valence-electron chi connectivity index (χ1n) is 9.24. The summed E-state index contributed by atoms with van der Waals surface area (Å²) in [5.41, 5.74) is 5.24. The number of benzene rings is 3. The first kappa shape index (κ1) is 19.0. The Balaban J connectivity index is 1.48. The van der Waals surface area contributed by atoms with Crippen molar-refractivity contribution in [3.05, 3.63) is 76.8 Å².